The van der Waals surface area contributed by atoms with Crippen molar-refractivity contribution in [1.82, 2.24) is 15.3 Å². The molecule has 0 fully saturated rings. The van der Waals surface area contributed by atoms with Crippen molar-refractivity contribution in [3.05, 3.63) is 81.8 Å². The van der Waals surface area contributed by atoms with Crippen LogP contribution in [0.3, 0.4) is 0 Å². The second-order valence-electron chi connectivity index (χ2n) is 6.38. The van der Waals surface area contributed by atoms with E-state index in [0.29, 0.717) is 28.9 Å². The molecule has 1 aromatic heterocycles. The lowest BCUT2D eigenvalue weighted by Gasteiger charge is -2.12. The first-order chi connectivity index (χ1) is 12.9. The van der Waals surface area contributed by atoms with Gasteiger partial charge in [0.2, 0.25) is 0 Å². The number of rotatable bonds is 5. The quantitative estimate of drug-likeness (QED) is 0.671. The van der Waals surface area contributed by atoms with Gasteiger partial charge in [0.05, 0.1) is 0 Å². The molecular formula is C21H21ClN4O. The van der Waals surface area contributed by atoms with Crippen molar-refractivity contribution in [2.45, 2.75) is 27.3 Å². The summed E-state index contributed by atoms with van der Waals surface area (Å²) in [6, 6.07) is 15.2. The number of carbonyl (C=O) groups excluding carboxylic acids is 1. The molecule has 3 rings (SSSR count). The fraction of sp³-hybridized carbons (Fsp3) is 0.190. The third-order valence-corrected chi connectivity index (χ3v) is 4.46. The average Bonchev–Trinajstić information content (AvgIpc) is 2.63. The molecular weight excluding hydrogens is 360 g/mol. The van der Waals surface area contributed by atoms with E-state index in [1.54, 1.807) is 19.1 Å². The first-order valence-corrected chi connectivity index (χ1v) is 9.02. The van der Waals surface area contributed by atoms with Gasteiger partial charge < -0.3 is 10.6 Å². The maximum atomic E-state index is 12.6. The highest BCUT2D eigenvalue weighted by Crippen LogP contribution is 2.23. The summed E-state index contributed by atoms with van der Waals surface area (Å²) in [6.45, 7) is 6.19. The van der Waals surface area contributed by atoms with Gasteiger partial charge in [-0.3, -0.25) is 4.79 Å². The zero-order valence-electron chi connectivity index (χ0n) is 15.5. The number of halogens is 1. The lowest BCUT2D eigenvalue weighted by molar-refractivity contribution is 0.0945. The molecule has 0 aliphatic carbocycles. The van der Waals surface area contributed by atoms with Crippen molar-refractivity contribution in [2.24, 2.45) is 0 Å². The van der Waals surface area contributed by atoms with Crippen LogP contribution in [-0.4, -0.2) is 15.9 Å². The SMILES string of the molecule is Cc1nc(Nc2ccc(Cl)cc2C)cc(C(=O)NCc2ccccc2C)n1. The molecule has 27 heavy (non-hydrogen) atoms. The van der Waals surface area contributed by atoms with Gasteiger partial charge >= 0.3 is 0 Å². The smallest absolute Gasteiger partial charge is 0.270 e. The molecule has 0 aliphatic heterocycles. The minimum atomic E-state index is -0.236. The highest BCUT2D eigenvalue weighted by atomic mass is 35.5. The first kappa shape index (κ1) is 18.9. The Bertz CT molecular complexity index is 988. The second-order valence-corrected chi connectivity index (χ2v) is 6.82. The van der Waals surface area contributed by atoms with Crippen LogP contribution in [0.5, 0.6) is 0 Å². The Morgan fingerprint density at radius 2 is 1.78 bits per heavy atom. The van der Waals surface area contributed by atoms with Crippen LogP contribution in [0.4, 0.5) is 11.5 Å². The van der Waals surface area contributed by atoms with E-state index in [1.807, 2.05) is 50.2 Å². The molecule has 0 saturated carbocycles. The van der Waals surface area contributed by atoms with E-state index in [1.165, 1.54) is 0 Å². The van der Waals surface area contributed by atoms with Crippen LogP contribution in [0, 0.1) is 20.8 Å². The van der Waals surface area contributed by atoms with E-state index >= 15 is 0 Å². The molecule has 0 spiro atoms. The zero-order chi connectivity index (χ0) is 19.4. The van der Waals surface area contributed by atoms with Crippen molar-refractivity contribution >= 4 is 29.0 Å². The number of hydrogen-bond donors (Lipinski definition) is 2. The van der Waals surface area contributed by atoms with E-state index in [0.717, 1.165) is 22.4 Å². The van der Waals surface area contributed by atoms with Gasteiger partial charge in [0, 0.05) is 23.3 Å². The Hall–Kier alpha value is -2.92. The molecule has 0 radical (unpaired) electrons. The monoisotopic (exact) mass is 380 g/mol. The van der Waals surface area contributed by atoms with E-state index in [2.05, 4.69) is 20.6 Å². The summed E-state index contributed by atoms with van der Waals surface area (Å²) in [5, 5.41) is 6.82. The highest BCUT2D eigenvalue weighted by Gasteiger charge is 2.12. The molecule has 0 unspecified atom stereocenters. The Kier molecular flexibility index (Phi) is 5.72. The molecule has 0 aliphatic rings. The van der Waals surface area contributed by atoms with Crippen LogP contribution in [-0.2, 0) is 6.54 Å². The summed E-state index contributed by atoms with van der Waals surface area (Å²) in [4.78, 5) is 21.2. The summed E-state index contributed by atoms with van der Waals surface area (Å²) in [6.07, 6.45) is 0. The number of anilines is 2. The molecule has 0 atom stereocenters. The van der Waals surface area contributed by atoms with Crippen LogP contribution in [0.2, 0.25) is 5.02 Å². The van der Waals surface area contributed by atoms with E-state index in [-0.39, 0.29) is 5.91 Å². The molecule has 6 heteroatoms. The van der Waals surface area contributed by atoms with Crippen molar-refractivity contribution in [1.29, 1.82) is 0 Å². The predicted molar refractivity (Wildman–Crippen MR) is 109 cm³/mol. The molecule has 2 N–H and O–H groups in total. The van der Waals surface area contributed by atoms with Gasteiger partial charge in [0.1, 0.15) is 17.3 Å². The van der Waals surface area contributed by atoms with Crippen LogP contribution in [0.25, 0.3) is 0 Å². The van der Waals surface area contributed by atoms with Gasteiger partial charge in [-0.25, -0.2) is 9.97 Å². The summed E-state index contributed by atoms with van der Waals surface area (Å²) < 4.78 is 0. The minimum absolute atomic E-state index is 0.236. The average molecular weight is 381 g/mol. The molecule has 5 nitrogen and oxygen atoms in total. The van der Waals surface area contributed by atoms with Crippen LogP contribution in [0.1, 0.15) is 33.0 Å². The molecule has 3 aromatic rings. The Labute approximate surface area is 163 Å². The maximum absolute atomic E-state index is 12.6. The lowest BCUT2D eigenvalue weighted by Crippen LogP contribution is -2.24. The summed E-state index contributed by atoms with van der Waals surface area (Å²) in [7, 11) is 0. The van der Waals surface area contributed by atoms with Gasteiger partial charge in [0.25, 0.3) is 5.91 Å². The molecule has 1 amide bonds. The molecule has 0 bridgehead atoms. The first-order valence-electron chi connectivity index (χ1n) is 8.64. The fourth-order valence-corrected chi connectivity index (χ4v) is 2.95. The largest absolute Gasteiger partial charge is 0.347 e. The number of nitrogens with one attached hydrogen (secondary N) is 2. The number of aromatic nitrogens is 2. The van der Waals surface area contributed by atoms with E-state index in [9.17, 15) is 4.79 Å². The number of carbonyl (C=O) groups is 1. The van der Waals surface area contributed by atoms with Gasteiger partial charge in [0.15, 0.2) is 0 Å². The second kappa shape index (κ2) is 8.18. The number of nitrogens with zero attached hydrogens (tertiary/aromatic N) is 2. The van der Waals surface area contributed by atoms with Crippen molar-refractivity contribution < 1.29 is 4.79 Å². The third kappa shape index (κ3) is 4.83. The summed E-state index contributed by atoms with van der Waals surface area (Å²) in [5.41, 5.74) is 4.40. The van der Waals surface area contributed by atoms with Crippen LogP contribution >= 0.6 is 11.6 Å². The minimum Gasteiger partial charge on any atom is -0.347 e. The third-order valence-electron chi connectivity index (χ3n) is 4.22. The van der Waals surface area contributed by atoms with Crippen LogP contribution < -0.4 is 10.6 Å². The number of amides is 1. The zero-order valence-corrected chi connectivity index (χ0v) is 16.3. The molecule has 138 valence electrons. The maximum Gasteiger partial charge on any atom is 0.270 e. The highest BCUT2D eigenvalue weighted by molar-refractivity contribution is 6.30. The fourth-order valence-electron chi connectivity index (χ4n) is 2.73. The predicted octanol–water partition coefficient (Wildman–Crippen LogP) is 4.73. The normalized spacial score (nSPS) is 10.5. The van der Waals surface area contributed by atoms with Crippen molar-refractivity contribution in [3.63, 3.8) is 0 Å². The number of benzene rings is 2. The van der Waals surface area contributed by atoms with Gasteiger partial charge in [-0.05, 0) is 55.7 Å². The Balaban J connectivity index is 1.76. The molecule has 2 aromatic carbocycles. The van der Waals surface area contributed by atoms with Gasteiger partial charge in [-0.2, -0.15) is 0 Å². The van der Waals surface area contributed by atoms with Crippen molar-refractivity contribution in [2.75, 3.05) is 5.32 Å². The number of hydrogen-bond acceptors (Lipinski definition) is 4. The summed E-state index contributed by atoms with van der Waals surface area (Å²) in [5.74, 6) is 0.848. The van der Waals surface area contributed by atoms with Gasteiger partial charge in [-0.1, -0.05) is 35.9 Å². The number of aryl methyl sites for hydroxylation is 3. The Morgan fingerprint density at radius 1 is 1.00 bits per heavy atom. The standard InChI is InChI=1S/C21H21ClN4O/c1-13-6-4-5-7-16(13)12-23-21(27)19-11-20(25-15(3)24-19)26-18-9-8-17(22)10-14(18)2/h4-11H,12H2,1-3H3,(H,23,27)(H,24,25,26). The van der Waals surface area contributed by atoms with E-state index in [4.69, 9.17) is 11.6 Å². The topological polar surface area (TPSA) is 66.9 Å². The molecule has 0 saturated heterocycles. The van der Waals surface area contributed by atoms with Crippen molar-refractivity contribution in [3.8, 4) is 0 Å². The Morgan fingerprint density at radius 3 is 2.52 bits per heavy atom. The molecule has 1 heterocycles. The lowest BCUT2D eigenvalue weighted by atomic mass is 10.1. The summed E-state index contributed by atoms with van der Waals surface area (Å²) >= 11 is 6.00. The van der Waals surface area contributed by atoms with Gasteiger partial charge in [-0.15, -0.1) is 0 Å². The van der Waals surface area contributed by atoms with E-state index < -0.39 is 0 Å². The van der Waals surface area contributed by atoms with Crippen LogP contribution in [0.15, 0.2) is 48.5 Å².